The van der Waals surface area contributed by atoms with Crippen LogP contribution in [0.2, 0.25) is 5.02 Å². The van der Waals surface area contributed by atoms with Gasteiger partial charge in [0, 0.05) is 23.2 Å². The second kappa shape index (κ2) is 8.22. The zero-order chi connectivity index (χ0) is 20.3. The smallest absolute Gasteiger partial charge is 0.309 e. The molecule has 10 heteroatoms. The van der Waals surface area contributed by atoms with Crippen LogP contribution in [0.25, 0.3) is 0 Å². The number of nitro groups is 1. The molecule has 1 aromatic carbocycles. The number of nitrogens with one attached hydrogen (secondary N) is 1. The first kappa shape index (κ1) is 19.6. The molecule has 2 aromatic heterocycles. The van der Waals surface area contributed by atoms with E-state index in [2.05, 4.69) is 15.5 Å². The molecule has 3 rings (SSSR count). The predicted molar refractivity (Wildman–Crippen MR) is 104 cm³/mol. The Labute approximate surface area is 166 Å². The summed E-state index contributed by atoms with van der Waals surface area (Å²) in [5, 5.41) is 22.6. The van der Waals surface area contributed by atoms with Crippen LogP contribution in [0, 0.1) is 24.0 Å². The van der Waals surface area contributed by atoms with E-state index in [-0.39, 0.29) is 24.6 Å². The third kappa shape index (κ3) is 4.55. The van der Waals surface area contributed by atoms with E-state index in [1.165, 1.54) is 10.9 Å². The monoisotopic (exact) mass is 402 g/mol. The molecule has 0 spiro atoms. The summed E-state index contributed by atoms with van der Waals surface area (Å²) in [7, 11) is 0. The topological polar surface area (TPSA) is 108 Å². The largest absolute Gasteiger partial charge is 0.309 e. The average Bonchev–Trinajstić information content (AvgIpc) is 3.17. The Bertz CT molecular complexity index is 1010. The Morgan fingerprint density at radius 3 is 2.61 bits per heavy atom. The highest BCUT2D eigenvalue weighted by molar-refractivity contribution is 6.30. The Balaban J connectivity index is 1.58. The minimum atomic E-state index is -0.491. The predicted octanol–water partition coefficient (Wildman–Crippen LogP) is 3.34. The van der Waals surface area contributed by atoms with Crippen LogP contribution < -0.4 is 5.32 Å². The molecule has 1 amide bonds. The van der Waals surface area contributed by atoms with Crippen molar-refractivity contribution < 1.29 is 9.72 Å². The fourth-order valence-electron chi connectivity index (χ4n) is 2.75. The molecule has 0 aliphatic heterocycles. The Morgan fingerprint density at radius 2 is 1.96 bits per heavy atom. The summed E-state index contributed by atoms with van der Waals surface area (Å²) >= 11 is 5.90. The lowest BCUT2D eigenvalue weighted by atomic mass is 10.2. The van der Waals surface area contributed by atoms with Crippen molar-refractivity contribution in [3.05, 3.63) is 68.6 Å². The molecule has 9 nitrogen and oxygen atoms in total. The van der Waals surface area contributed by atoms with Crippen LogP contribution in [-0.4, -0.2) is 30.4 Å². The number of amides is 1. The Kier molecular flexibility index (Phi) is 5.74. The Morgan fingerprint density at radius 1 is 1.25 bits per heavy atom. The molecule has 0 fully saturated rings. The molecule has 0 radical (unpaired) electrons. The van der Waals surface area contributed by atoms with Crippen LogP contribution in [0.5, 0.6) is 0 Å². The molecule has 0 aliphatic rings. The standard InChI is InChI=1S/C18H19ClN6O3/c1-12-9-17(22-24(12)11-14-3-5-15(19)6-4-14)21-18(26)7-8-23-13(2)16(10-20-23)25(27)28/h3-6,9-10H,7-8,11H2,1-2H3,(H,21,22,26). The lowest BCUT2D eigenvalue weighted by Crippen LogP contribution is -2.16. The maximum atomic E-state index is 12.2. The van der Waals surface area contributed by atoms with Gasteiger partial charge in [0.25, 0.3) is 0 Å². The molecule has 0 unspecified atom stereocenters. The highest BCUT2D eigenvalue weighted by Gasteiger charge is 2.17. The number of hydrogen-bond donors (Lipinski definition) is 1. The lowest BCUT2D eigenvalue weighted by Gasteiger charge is -2.05. The highest BCUT2D eigenvalue weighted by atomic mass is 35.5. The molecular formula is C18H19ClN6O3. The molecule has 0 aliphatic carbocycles. The third-order valence-corrected chi connectivity index (χ3v) is 4.57. The summed E-state index contributed by atoms with van der Waals surface area (Å²) in [6.07, 6.45) is 1.32. The molecule has 0 bridgehead atoms. The van der Waals surface area contributed by atoms with E-state index in [9.17, 15) is 14.9 Å². The molecule has 2 heterocycles. The van der Waals surface area contributed by atoms with Gasteiger partial charge in [-0.3, -0.25) is 24.3 Å². The third-order valence-electron chi connectivity index (χ3n) is 4.32. The van der Waals surface area contributed by atoms with E-state index in [4.69, 9.17) is 11.6 Å². The first-order valence-corrected chi connectivity index (χ1v) is 8.97. The molecular weight excluding hydrogens is 384 g/mol. The van der Waals surface area contributed by atoms with Crippen molar-refractivity contribution in [1.29, 1.82) is 0 Å². The van der Waals surface area contributed by atoms with E-state index in [1.54, 1.807) is 17.7 Å². The van der Waals surface area contributed by atoms with Gasteiger partial charge in [-0.1, -0.05) is 23.7 Å². The van der Waals surface area contributed by atoms with E-state index in [0.717, 1.165) is 11.3 Å². The van der Waals surface area contributed by atoms with Crippen LogP contribution in [0.1, 0.15) is 23.4 Å². The number of carbonyl (C=O) groups is 1. The molecule has 0 saturated carbocycles. The summed E-state index contributed by atoms with van der Waals surface area (Å²) in [4.78, 5) is 22.6. The SMILES string of the molecule is Cc1cc(NC(=O)CCn2ncc([N+](=O)[O-])c2C)nn1Cc1ccc(Cl)cc1. The van der Waals surface area contributed by atoms with Gasteiger partial charge in [0.05, 0.1) is 18.0 Å². The van der Waals surface area contributed by atoms with Crippen molar-refractivity contribution in [3.8, 4) is 0 Å². The number of anilines is 1. The average molecular weight is 403 g/mol. The number of halogens is 1. The summed E-state index contributed by atoms with van der Waals surface area (Å²) in [6.45, 7) is 4.32. The van der Waals surface area contributed by atoms with Gasteiger partial charge >= 0.3 is 5.69 Å². The fraction of sp³-hybridized carbons (Fsp3) is 0.278. The van der Waals surface area contributed by atoms with Gasteiger partial charge in [0.2, 0.25) is 5.91 Å². The van der Waals surface area contributed by atoms with Crippen LogP contribution in [0.3, 0.4) is 0 Å². The van der Waals surface area contributed by atoms with Gasteiger partial charge in [-0.05, 0) is 31.5 Å². The number of rotatable bonds is 7. The summed E-state index contributed by atoms with van der Waals surface area (Å²) in [5.74, 6) is 0.216. The summed E-state index contributed by atoms with van der Waals surface area (Å²) in [5.41, 5.74) is 2.31. The number of benzene rings is 1. The second-order valence-corrected chi connectivity index (χ2v) is 6.79. The van der Waals surface area contributed by atoms with Crippen molar-refractivity contribution in [2.75, 3.05) is 5.32 Å². The van der Waals surface area contributed by atoms with E-state index in [0.29, 0.717) is 23.1 Å². The van der Waals surface area contributed by atoms with Crippen molar-refractivity contribution in [2.24, 2.45) is 0 Å². The van der Waals surface area contributed by atoms with Crippen molar-refractivity contribution in [1.82, 2.24) is 19.6 Å². The van der Waals surface area contributed by atoms with Gasteiger partial charge in [0.15, 0.2) is 5.82 Å². The van der Waals surface area contributed by atoms with E-state index < -0.39 is 4.92 Å². The van der Waals surface area contributed by atoms with E-state index in [1.807, 2.05) is 31.2 Å². The number of aryl methyl sites for hydroxylation is 2. The fourth-order valence-corrected chi connectivity index (χ4v) is 2.87. The Hall–Kier alpha value is -3.20. The number of aromatic nitrogens is 4. The van der Waals surface area contributed by atoms with Crippen LogP contribution >= 0.6 is 11.6 Å². The first-order chi connectivity index (χ1) is 13.3. The van der Waals surface area contributed by atoms with Crippen molar-refractivity contribution in [2.45, 2.75) is 33.4 Å². The van der Waals surface area contributed by atoms with Gasteiger partial charge in [-0.15, -0.1) is 0 Å². The highest BCUT2D eigenvalue weighted by Crippen LogP contribution is 2.17. The molecule has 1 N–H and O–H groups in total. The number of nitrogens with zero attached hydrogens (tertiary/aromatic N) is 5. The van der Waals surface area contributed by atoms with Crippen molar-refractivity contribution in [3.63, 3.8) is 0 Å². The maximum absolute atomic E-state index is 12.2. The zero-order valence-corrected chi connectivity index (χ0v) is 16.2. The minimum absolute atomic E-state index is 0.0584. The number of carbonyl (C=O) groups excluding carboxylic acids is 1. The van der Waals surface area contributed by atoms with Gasteiger partial charge in [0.1, 0.15) is 11.9 Å². The number of hydrogen-bond acceptors (Lipinski definition) is 5. The molecule has 0 atom stereocenters. The molecule has 0 saturated heterocycles. The van der Waals surface area contributed by atoms with Gasteiger partial charge in [-0.25, -0.2) is 0 Å². The van der Waals surface area contributed by atoms with E-state index >= 15 is 0 Å². The van der Waals surface area contributed by atoms with Crippen LogP contribution in [0.4, 0.5) is 11.5 Å². The van der Waals surface area contributed by atoms with Crippen LogP contribution in [0.15, 0.2) is 36.5 Å². The molecule has 146 valence electrons. The van der Waals surface area contributed by atoms with Gasteiger partial charge in [-0.2, -0.15) is 10.2 Å². The maximum Gasteiger partial charge on any atom is 0.309 e. The summed E-state index contributed by atoms with van der Waals surface area (Å²) in [6, 6.07) is 9.28. The minimum Gasteiger partial charge on any atom is -0.309 e. The normalized spacial score (nSPS) is 10.8. The zero-order valence-electron chi connectivity index (χ0n) is 15.4. The quantitative estimate of drug-likeness (QED) is 0.481. The summed E-state index contributed by atoms with van der Waals surface area (Å²) < 4.78 is 3.24. The van der Waals surface area contributed by atoms with Gasteiger partial charge < -0.3 is 5.32 Å². The van der Waals surface area contributed by atoms with Crippen LogP contribution in [-0.2, 0) is 17.9 Å². The molecule has 28 heavy (non-hydrogen) atoms. The lowest BCUT2D eigenvalue weighted by molar-refractivity contribution is -0.385. The first-order valence-electron chi connectivity index (χ1n) is 8.59. The van der Waals surface area contributed by atoms with Crippen molar-refractivity contribution >= 4 is 29.0 Å². The second-order valence-electron chi connectivity index (χ2n) is 6.35. The molecule has 3 aromatic rings.